The van der Waals surface area contributed by atoms with E-state index in [-0.39, 0.29) is 19.0 Å². The summed E-state index contributed by atoms with van der Waals surface area (Å²) in [7, 11) is -2.04. The summed E-state index contributed by atoms with van der Waals surface area (Å²) in [6.45, 7) is 2.98. The van der Waals surface area contributed by atoms with Gasteiger partial charge in [-0.15, -0.1) is 0 Å². The van der Waals surface area contributed by atoms with Crippen LogP contribution in [0.4, 0.5) is 0 Å². The van der Waals surface area contributed by atoms with Crippen LogP contribution in [0.3, 0.4) is 0 Å². The van der Waals surface area contributed by atoms with Gasteiger partial charge in [0.05, 0.1) is 26.5 Å². The fourth-order valence-electron chi connectivity index (χ4n) is 1.50. The number of ether oxygens (including phenoxy) is 2. The zero-order chi connectivity index (χ0) is 13.9. The second-order valence-corrected chi connectivity index (χ2v) is 5.84. The lowest BCUT2D eigenvalue weighted by Crippen LogP contribution is -2.42. The van der Waals surface area contributed by atoms with Crippen LogP contribution in [0.25, 0.3) is 0 Å². The maximum Gasteiger partial charge on any atom is 0.233 e. The van der Waals surface area contributed by atoms with E-state index < -0.39 is 16.1 Å². The van der Waals surface area contributed by atoms with Gasteiger partial charge in [0.25, 0.3) is 0 Å². The summed E-state index contributed by atoms with van der Waals surface area (Å²) in [5.41, 5.74) is 0. The molecule has 1 aliphatic heterocycles. The second kappa shape index (κ2) is 5.57. The van der Waals surface area contributed by atoms with Crippen molar-refractivity contribution in [3.8, 4) is 0 Å². The van der Waals surface area contributed by atoms with Crippen LogP contribution in [0.15, 0.2) is 16.6 Å². The van der Waals surface area contributed by atoms with Crippen LogP contribution in [0.1, 0.15) is 13.8 Å². The van der Waals surface area contributed by atoms with Crippen LogP contribution in [-0.2, 0) is 19.5 Å². The van der Waals surface area contributed by atoms with Crippen LogP contribution in [-0.4, -0.2) is 56.3 Å². The minimum Gasteiger partial charge on any atom is -0.487 e. The highest BCUT2D eigenvalue weighted by Crippen LogP contribution is 2.24. The van der Waals surface area contributed by atoms with Gasteiger partial charge in [0.1, 0.15) is 11.9 Å². The van der Waals surface area contributed by atoms with Gasteiger partial charge in [0.2, 0.25) is 10.0 Å². The van der Waals surface area contributed by atoms with Gasteiger partial charge < -0.3 is 14.6 Å². The highest BCUT2D eigenvalue weighted by Gasteiger charge is 2.31. The number of allylic oxidation sites excluding steroid dienone is 1. The van der Waals surface area contributed by atoms with Gasteiger partial charge in [-0.05, 0) is 6.92 Å². The summed E-state index contributed by atoms with van der Waals surface area (Å²) in [5, 5.41) is 9.08. The monoisotopic (exact) mass is 278 g/mol. The number of rotatable bonds is 3. The van der Waals surface area contributed by atoms with Crippen molar-refractivity contribution in [2.24, 2.45) is 4.99 Å². The number of aliphatic imine (C=N–C) groups is 1. The first-order chi connectivity index (χ1) is 8.29. The van der Waals surface area contributed by atoms with Crippen molar-refractivity contribution in [1.82, 2.24) is 4.31 Å². The zero-order valence-electron chi connectivity index (χ0n) is 10.9. The van der Waals surface area contributed by atoms with Crippen LogP contribution in [0, 0.1) is 0 Å². The predicted octanol–water partition coefficient (Wildman–Crippen LogP) is -0.107. The first kappa shape index (κ1) is 14.8. The summed E-state index contributed by atoms with van der Waals surface area (Å²) >= 11 is 0. The van der Waals surface area contributed by atoms with Crippen molar-refractivity contribution in [3.63, 3.8) is 0 Å². The first-order valence-corrected chi connectivity index (χ1v) is 7.19. The molecule has 0 saturated heterocycles. The minimum atomic E-state index is -3.48. The normalized spacial score (nSPS) is 21.9. The molecule has 8 heteroatoms. The van der Waals surface area contributed by atoms with Crippen molar-refractivity contribution >= 4 is 15.9 Å². The molecule has 1 N–H and O–H groups in total. The second-order valence-electron chi connectivity index (χ2n) is 3.93. The van der Waals surface area contributed by atoms with Crippen LogP contribution >= 0.6 is 0 Å². The van der Waals surface area contributed by atoms with Crippen molar-refractivity contribution in [1.29, 1.82) is 0 Å². The van der Waals surface area contributed by atoms with Gasteiger partial charge in [0.15, 0.2) is 11.7 Å². The molecule has 0 unspecified atom stereocenters. The molecule has 0 saturated carbocycles. The number of hydrogen-bond acceptors (Lipinski definition) is 6. The van der Waals surface area contributed by atoms with Gasteiger partial charge in [-0.3, -0.25) is 0 Å². The third kappa shape index (κ3) is 3.36. The Morgan fingerprint density at radius 1 is 1.67 bits per heavy atom. The predicted molar refractivity (Wildman–Crippen MR) is 66.3 cm³/mol. The molecule has 0 bridgehead atoms. The van der Waals surface area contributed by atoms with Gasteiger partial charge in [-0.2, -0.15) is 4.99 Å². The minimum absolute atomic E-state index is 0.0303. The number of hydrogen-bond donors (Lipinski definition) is 1. The quantitative estimate of drug-likeness (QED) is 0.575. The Bertz CT molecular complexity index is 469. The molecular formula is C10H18N2O5S. The Kier molecular flexibility index (Phi) is 4.58. The molecule has 1 atom stereocenters. The summed E-state index contributed by atoms with van der Waals surface area (Å²) < 4.78 is 34.8. The van der Waals surface area contributed by atoms with E-state index in [1.54, 1.807) is 13.8 Å². The fourth-order valence-corrected chi connectivity index (χ4v) is 2.42. The molecule has 0 aliphatic carbocycles. The first-order valence-electron chi connectivity index (χ1n) is 5.35. The van der Waals surface area contributed by atoms with Crippen LogP contribution in [0.5, 0.6) is 0 Å². The molecule has 1 heterocycles. The van der Waals surface area contributed by atoms with Gasteiger partial charge in [-0.25, -0.2) is 12.7 Å². The van der Waals surface area contributed by atoms with E-state index >= 15 is 0 Å². The average Bonchev–Trinajstić information content (AvgIpc) is 2.29. The third-order valence-electron chi connectivity index (χ3n) is 2.43. The lowest BCUT2D eigenvalue weighted by Gasteiger charge is -2.33. The van der Waals surface area contributed by atoms with E-state index in [2.05, 4.69) is 4.99 Å². The third-order valence-corrected chi connectivity index (χ3v) is 3.55. The number of aliphatic hydroxyl groups is 1. The Balaban J connectivity index is 3.22. The molecule has 1 aliphatic rings. The van der Waals surface area contributed by atoms with Crippen molar-refractivity contribution < 1.29 is 23.0 Å². The van der Waals surface area contributed by atoms with Crippen LogP contribution in [0.2, 0.25) is 0 Å². The highest BCUT2D eigenvalue weighted by molar-refractivity contribution is 7.88. The number of nitrogens with zero attached hydrogens (tertiary/aromatic N) is 2. The van der Waals surface area contributed by atoms with E-state index in [4.69, 9.17) is 14.6 Å². The molecule has 0 spiro atoms. The highest BCUT2D eigenvalue weighted by atomic mass is 32.2. The Hall–Kier alpha value is -1.28. The van der Waals surface area contributed by atoms with Gasteiger partial charge in [0, 0.05) is 6.92 Å². The fraction of sp³-hybridized carbons (Fsp3) is 0.700. The zero-order valence-corrected chi connectivity index (χ0v) is 11.7. The Morgan fingerprint density at radius 3 is 2.72 bits per heavy atom. The molecular weight excluding hydrogens is 260 g/mol. The molecule has 7 nitrogen and oxygen atoms in total. The van der Waals surface area contributed by atoms with Crippen molar-refractivity contribution in [2.45, 2.75) is 20.0 Å². The molecule has 0 aromatic rings. The summed E-state index contributed by atoms with van der Waals surface area (Å²) in [6, 6.07) is 0. The average molecular weight is 278 g/mol. The van der Waals surface area contributed by atoms with Crippen molar-refractivity contribution in [2.75, 3.05) is 26.5 Å². The molecule has 104 valence electrons. The molecule has 1 rings (SSSR count). The van der Waals surface area contributed by atoms with Gasteiger partial charge >= 0.3 is 0 Å². The van der Waals surface area contributed by atoms with E-state index in [9.17, 15) is 8.42 Å². The van der Waals surface area contributed by atoms with E-state index in [0.29, 0.717) is 11.7 Å². The van der Waals surface area contributed by atoms with Crippen molar-refractivity contribution in [3.05, 3.63) is 11.6 Å². The lowest BCUT2D eigenvalue weighted by molar-refractivity contribution is 0.0294. The summed E-state index contributed by atoms with van der Waals surface area (Å²) in [4.78, 5) is 4.07. The molecule has 0 radical (unpaired) electrons. The molecule has 0 aromatic carbocycles. The van der Waals surface area contributed by atoms with E-state index in [0.717, 1.165) is 10.6 Å². The van der Waals surface area contributed by atoms with Gasteiger partial charge in [-0.1, -0.05) is 0 Å². The lowest BCUT2D eigenvalue weighted by atomic mass is 10.3. The Morgan fingerprint density at radius 2 is 2.28 bits per heavy atom. The van der Waals surface area contributed by atoms with E-state index in [1.807, 2.05) is 0 Å². The molecule has 0 aromatic heterocycles. The summed E-state index contributed by atoms with van der Waals surface area (Å²) in [6.07, 6.45) is 0.499. The number of sulfonamides is 1. The molecule has 0 amide bonds. The van der Waals surface area contributed by atoms with Crippen LogP contribution < -0.4 is 0 Å². The number of aliphatic hydroxyl groups excluding tert-OH is 1. The molecule has 0 fully saturated rings. The van der Waals surface area contributed by atoms with E-state index in [1.165, 1.54) is 7.11 Å². The largest absolute Gasteiger partial charge is 0.487 e. The maximum absolute atomic E-state index is 11.7. The topological polar surface area (TPSA) is 88.4 Å². The maximum atomic E-state index is 11.7. The SMILES string of the molecule is CO/C(C)=N/C1=C(C)O[C@@H](CO)CN1S(C)(=O)=O. The smallest absolute Gasteiger partial charge is 0.233 e. The molecule has 18 heavy (non-hydrogen) atoms. The summed E-state index contributed by atoms with van der Waals surface area (Å²) in [5.74, 6) is 0.840. The Labute approximate surface area is 107 Å². The standard InChI is InChI=1S/C10H18N2O5S/c1-7-10(11-8(2)16-3)12(18(4,14)15)5-9(6-13)17-7/h9,13H,5-6H2,1-4H3/b11-8+/t9-/m1/s1. The number of methoxy groups -OCH3 is 1.